The van der Waals surface area contributed by atoms with Crippen LogP contribution in [-0.2, 0) is 13.5 Å². The molecule has 0 fully saturated rings. The third-order valence-corrected chi connectivity index (χ3v) is 4.61. The number of nitrogens with one attached hydrogen (secondary N) is 1. The lowest BCUT2D eigenvalue weighted by atomic mass is 10.0. The molecule has 0 saturated heterocycles. The number of ether oxygens (including phenoxy) is 2. The summed E-state index contributed by atoms with van der Waals surface area (Å²) in [6.45, 7) is 4.74. The molecule has 0 saturated carbocycles. The van der Waals surface area contributed by atoms with Crippen molar-refractivity contribution in [1.82, 2.24) is 19.8 Å². The number of amides is 2. The van der Waals surface area contributed by atoms with Crippen molar-refractivity contribution in [3.63, 3.8) is 0 Å². The van der Waals surface area contributed by atoms with Crippen LogP contribution >= 0.6 is 0 Å². The van der Waals surface area contributed by atoms with Crippen molar-refractivity contribution in [2.24, 2.45) is 13.0 Å². The predicted octanol–water partition coefficient (Wildman–Crippen LogP) is 3.02. The Morgan fingerprint density at radius 3 is 2.52 bits per heavy atom. The molecule has 2 amide bonds. The minimum Gasteiger partial charge on any atom is -0.493 e. The Morgan fingerprint density at radius 1 is 1.26 bits per heavy atom. The van der Waals surface area contributed by atoms with Gasteiger partial charge >= 0.3 is 6.03 Å². The highest BCUT2D eigenvalue weighted by Gasteiger charge is 2.23. The molecule has 0 aliphatic rings. The molecule has 1 aromatic carbocycles. The van der Waals surface area contributed by atoms with Gasteiger partial charge < -0.3 is 24.3 Å². The van der Waals surface area contributed by atoms with Gasteiger partial charge in [0.15, 0.2) is 11.5 Å². The van der Waals surface area contributed by atoms with Gasteiger partial charge in [-0.1, -0.05) is 19.9 Å². The maximum absolute atomic E-state index is 12.6. The van der Waals surface area contributed by atoms with Crippen LogP contribution < -0.4 is 14.8 Å². The number of carbonyl (C=O) groups excluding carboxylic acids is 1. The van der Waals surface area contributed by atoms with Gasteiger partial charge in [-0.05, 0) is 30.0 Å². The van der Waals surface area contributed by atoms with Crippen LogP contribution in [0, 0.1) is 5.92 Å². The summed E-state index contributed by atoms with van der Waals surface area (Å²) in [7, 11) is 6.96. The Hall–Kier alpha value is -2.70. The van der Waals surface area contributed by atoms with Crippen molar-refractivity contribution in [2.45, 2.75) is 26.3 Å². The molecule has 1 aromatic heterocycles. The van der Waals surface area contributed by atoms with E-state index in [2.05, 4.69) is 24.1 Å². The van der Waals surface area contributed by atoms with E-state index in [0.717, 1.165) is 17.8 Å². The summed E-state index contributed by atoms with van der Waals surface area (Å²) >= 11 is 0. The van der Waals surface area contributed by atoms with E-state index < -0.39 is 0 Å². The lowest BCUT2D eigenvalue weighted by Gasteiger charge is -2.26. The number of hydrogen-bond donors (Lipinski definition) is 1. The van der Waals surface area contributed by atoms with Gasteiger partial charge in [0, 0.05) is 33.0 Å². The largest absolute Gasteiger partial charge is 0.493 e. The molecular weight excluding hydrogens is 344 g/mol. The van der Waals surface area contributed by atoms with Gasteiger partial charge in [0.25, 0.3) is 0 Å². The third kappa shape index (κ3) is 5.15. The van der Waals surface area contributed by atoms with E-state index in [0.29, 0.717) is 18.0 Å². The lowest BCUT2D eigenvalue weighted by Crippen LogP contribution is -2.42. The number of benzene rings is 1. The predicted molar refractivity (Wildman–Crippen MR) is 105 cm³/mol. The van der Waals surface area contributed by atoms with E-state index in [4.69, 9.17) is 9.47 Å². The Bertz CT molecular complexity index is 757. The van der Waals surface area contributed by atoms with Gasteiger partial charge in [-0.2, -0.15) is 0 Å². The van der Waals surface area contributed by atoms with Gasteiger partial charge in [-0.15, -0.1) is 0 Å². The number of hydrogen-bond acceptors (Lipinski definition) is 4. The van der Waals surface area contributed by atoms with Crippen molar-refractivity contribution < 1.29 is 14.3 Å². The number of nitrogens with zero attached hydrogens (tertiary/aromatic N) is 3. The SMILES string of the molecule is COc1ccc(CCN(C)C(=O)N[C@@H](c2nccn2C)C(C)C)cc1OC. The van der Waals surface area contributed by atoms with Gasteiger partial charge in [0.05, 0.1) is 20.3 Å². The second-order valence-electron chi connectivity index (χ2n) is 6.93. The lowest BCUT2D eigenvalue weighted by molar-refractivity contribution is 0.200. The zero-order chi connectivity index (χ0) is 20.0. The molecule has 0 spiro atoms. The molecule has 7 nitrogen and oxygen atoms in total. The normalized spacial score (nSPS) is 12.0. The first-order valence-electron chi connectivity index (χ1n) is 9.07. The monoisotopic (exact) mass is 374 g/mol. The Kier molecular flexibility index (Phi) is 7.10. The average molecular weight is 374 g/mol. The number of carbonyl (C=O) groups is 1. The maximum atomic E-state index is 12.6. The van der Waals surface area contributed by atoms with Gasteiger partial charge in [-0.3, -0.25) is 0 Å². The smallest absolute Gasteiger partial charge is 0.317 e. The molecule has 1 N–H and O–H groups in total. The molecule has 2 rings (SSSR count). The summed E-state index contributed by atoms with van der Waals surface area (Å²) in [4.78, 5) is 18.7. The number of urea groups is 1. The average Bonchev–Trinajstić information content (AvgIpc) is 3.08. The number of imidazole rings is 1. The maximum Gasteiger partial charge on any atom is 0.317 e. The van der Waals surface area contributed by atoms with Gasteiger partial charge in [-0.25, -0.2) is 9.78 Å². The summed E-state index contributed by atoms with van der Waals surface area (Å²) in [6.07, 6.45) is 4.36. The first kappa shape index (κ1) is 20.6. The number of aromatic nitrogens is 2. The van der Waals surface area contributed by atoms with Crippen molar-refractivity contribution in [3.05, 3.63) is 42.0 Å². The van der Waals surface area contributed by atoms with Gasteiger partial charge in [0.2, 0.25) is 0 Å². The standard InChI is InChI=1S/C20H30N4O3/c1-14(2)18(19-21-10-12-23(19)3)22-20(25)24(4)11-9-15-7-8-16(26-5)17(13-15)27-6/h7-8,10,12-14,18H,9,11H2,1-6H3,(H,22,25)/t18-/m1/s1. The summed E-state index contributed by atoms with van der Waals surface area (Å²) in [5.41, 5.74) is 1.08. The molecule has 7 heteroatoms. The number of methoxy groups -OCH3 is 2. The highest BCUT2D eigenvalue weighted by molar-refractivity contribution is 5.74. The van der Waals surface area contributed by atoms with Crippen LogP contribution in [0.3, 0.4) is 0 Å². The van der Waals surface area contributed by atoms with Crippen LogP contribution in [0.15, 0.2) is 30.6 Å². The molecule has 27 heavy (non-hydrogen) atoms. The van der Waals surface area contributed by atoms with E-state index >= 15 is 0 Å². The van der Waals surface area contributed by atoms with Crippen LogP contribution in [0.2, 0.25) is 0 Å². The van der Waals surface area contributed by atoms with Crippen LogP contribution in [0.4, 0.5) is 4.79 Å². The first-order valence-corrected chi connectivity index (χ1v) is 9.07. The van der Waals surface area contributed by atoms with Crippen molar-refractivity contribution in [3.8, 4) is 11.5 Å². The molecule has 0 aliphatic carbocycles. The molecule has 1 atom stereocenters. The molecule has 0 unspecified atom stereocenters. The molecule has 0 bridgehead atoms. The molecule has 2 aromatic rings. The quantitative estimate of drug-likeness (QED) is 0.771. The van der Waals surface area contributed by atoms with Crippen LogP contribution in [0.5, 0.6) is 11.5 Å². The molecular formula is C20H30N4O3. The highest BCUT2D eigenvalue weighted by atomic mass is 16.5. The van der Waals surface area contributed by atoms with E-state index in [1.54, 1.807) is 32.4 Å². The summed E-state index contributed by atoms with van der Waals surface area (Å²) in [5, 5.41) is 3.10. The number of aryl methyl sites for hydroxylation is 1. The fourth-order valence-electron chi connectivity index (χ4n) is 2.88. The summed E-state index contributed by atoms with van der Waals surface area (Å²) in [6, 6.07) is 5.55. The van der Waals surface area contributed by atoms with Gasteiger partial charge in [0.1, 0.15) is 5.82 Å². The van der Waals surface area contributed by atoms with E-state index in [1.807, 2.05) is 36.0 Å². The van der Waals surface area contributed by atoms with Crippen molar-refractivity contribution in [1.29, 1.82) is 0 Å². The molecule has 0 aliphatic heterocycles. The highest BCUT2D eigenvalue weighted by Crippen LogP contribution is 2.27. The zero-order valence-corrected chi connectivity index (χ0v) is 17.0. The fourth-order valence-corrected chi connectivity index (χ4v) is 2.88. The second-order valence-corrected chi connectivity index (χ2v) is 6.93. The zero-order valence-electron chi connectivity index (χ0n) is 17.0. The number of rotatable bonds is 8. The molecule has 0 radical (unpaired) electrons. The molecule has 148 valence electrons. The minimum absolute atomic E-state index is 0.114. The van der Waals surface area contributed by atoms with Crippen LogP contribution in [0.25, 0.3) is 0 Å². The van der Waals surface area contributed by atoms with E-state index in [-0.39, 0.29) is 18.0 Å². The molecule has 1 heterocycles. The van der Waals surface area contributed by atoms with Crippen molar-refractivity contribution in [2.75, 3.05) is 27.8 Å². The first-order chi connectivity index (χ1) is 12.9. The van der Waals surface area contributed by atoms with Crippen LogP contribution in [-0.4, -0.2) is 48.3 Å². The van der Waals surface area contributed by atoms with E-state index in [9.17, 15) is 4.79 Å². The summed E-state index contributed by atoms with van der Waals surface area (Å²) in [5.74, 6) is 2.47. The Morgan fingerprint density at radius 2 is 1.96 bits per heavy atom. The minimum atomic E-state index is -0.138. The second kappa shape index (κ2) is 9.30. The fraction of sp³-hybridized carbons (Fsp3) is 0.500. The van der Waals surface area contributed by atoms with Crippen LogP contribution in [0.1, 0.15) is 31.3 Å². The Labute approximate surface area is 161 Å². The number of likely N-dealkylation sites (N-methyl/N-ethyl adjacent to an activating group) is 1. The van der Waals surface area contributed by atoms with E-state index in [1.165, 1.54) is 0 Å². The third-order valence-electron chi connectivity index (χ3n) is 4.61. The topological polar surface area (TPSA) is 68.6 Å². The summed E-state index contributed by atoms with van der Waals surface area (Å²) < 4.78 is 12.5. The van der Waals surface area contributed by atoms with Crippen molar-refractivity contribution >= 4 is 6.03 Å². The Balaban J connectivity index is 1.98.